The Morgan fingerprint density at radius 1 is 0.533 bits per heavy atom. The largest absolute Gasteiger partial charge is 0.372 e. The minimum Gasteiger partial charge on any atom is -0.372 e. The maximum atomic E-state index is 7.64. The van der Waals surface area contributed by atoms with Gasteiger partial charge >= 0.3 is 0 Å². The third-order valence-electron chi connectivity index (χ3n) is 20.1. The van der Waals surface area contributed by atoms with Crippen molar-refractivity contribution < 1.29 is 4.74 Å². The molecule has 4 heterocycles. The molecule has 0 N–H and O–H groups in total. The van der Waals surface area contributed by atoms with Gasteiger partial charge in [-0.2, -0.15) is 0 Å². The van der Waals surface area contributed by atoms with Gasteiger partial charge in [0.15, 0.2) is 12.7 Å². The lowest BCUT2D eigenvalue weighted by molar-refractivity contribution is -0.0974. The molecule has 8 aliphatic carbocycles. The molecule has 0 aromatic heterocycles. The fourth-order valence-electron chi connectivity index (χ4n) is 18.4. The van der Waals surface area contributed by atoms with Crippen molar-refractivity contribution in [2.45, 2.75) is 149 Å². The molecular formula is C55H60BN3O. The molecule has 3 saturated heterocycles. The number of nitrogens with zero attached hydrogens (tertiary/aromatic N) is 3. The van der Waals surface area contributed by atoms with E-state index in [1.807, 2.05) is 0 Å². The van der Waals surface area contributed by atoms with E-state index >= 15 is 0 Å². The SMILES string of the molecule is c1ccc(-c2ccccc2B2C3CCC4C5CCCCC5OC4C3N3C4=NC5CC6C7c8ccccc8C(c8ccccc87)C6CC5N4C4CCCC5CCC2C3C54)cc1. The summed E-state index contributed by atoms with van der Waals surface area (Å²) in [5.74, 6) is 8.14. The topological polar surface area (TPSA) is 28.1 Å². The lowest BCUT2D eigenvalue weighted by Crippen LogP contribution is -2.78. The van der Waals surface area contributed by atoms with Crippen molar-refractivity contribution >= 4 is 18.1 Å². The van der Waals surface area contributed by atoms with Crippen molar-refractivity contribution in [2.24, 2.45) is 40.5 Å². The quantitative estimate of drug-likeness (QED) is 0.189. The van der Waals surface area contributed by atoms with Crippen LogP contribution in [0.3, 0.4) is 0 Å². The zero-order valence-corrected chi connectivity index (χ0v) is 35.1. The zero-order chi connectivity index (χ0) is 38.8. The molecule has 304 valence electrons. The van der Waals surface area contributed by atoms with Gasteiger partial charge in [0.25, 0.3) is 0 Å². The van der Waals surface area contributed by atoms with Crippen LogP contribution in [0.1, 0.15) is 118 Å². The molecule has 5 heteroatoms. The molecule has 0 amide bonds. The molecule has 15 atom stereocenters. The summed E-state index contributed by atoms with van der Waals surface area (Å²) in [5.41, 5.74) is 11.1. The first-order valence-corrected chi connectivity index (χ1v) is 24.9. The molecule has 4 aliphatic heterocycles. The Morgan fingerprint density at radius 3 is 2.02 bits per heavy atom. The Labute approximate surface area is 357 Å². The summed E-state index contributed by atoms with van der Waals surface area (Å²) >= 11 is 0. The highest BCUT2D eigenvalue weighted by Gasteiger charge is 2.69. The lowest BCUT2D eigenvalue weighted by atomic mass is 9.22. The van der Waals surface area contributed by atoms with E-state index in [9.17, 15) is 0 Å². The highest BCUT2D eigenvalue weighted by atomic mass is 16.5. The van der Waals surface area contributed by atoms with Crippen molar-refractivity contribution in [2.75, 3.05) is 0 Å². The highest BCUT2D eigenvalue weighted by molar-refractivity contribution is 6.78. The number of fused-ring (bicyclic) bond motifs is 11. The van der Waals surface area contributed by atoms with Crippen LogP contribution in [-0.4, -0.2) is 64.9 Å². The summed E-state index contributed by atoms with van der Waals surface area (Å²) in [6, 6.07) is 43.0. The maximum absolute atomic E-state index is 7.64. The summed E-state index contributed by atoms with van der Waals surface area (Å²) in [4.78, 5) is 12.5. The van der Waals surface area contributed by atoms with Crippen LogP contribution in [0.4, 0.5) is 0 Å². The molecule has 4 nitrogen and oxygen atoms in total. The predicted molar refractivity (Wildman–Crippen MR) is 241 cm³/mol. The van der Waals surface area contributed by atoms with Crippen molar-refractivity contribution in [3.63, 3.8) is 0 Å². The van der Waals surface area contributed by atoms with E-state index in [4.69, 9.17) is 9.73 Å². The molecule has 12 aliphatic rings. The summed E-state index contributed by atoms with van der Waals surface area (Å²) in [5, 5.41) is 0. The monoisotopic (exact) mass is 789 g/mol. The van der Waals surface area contributed by atoms with Gasteiger partial charge in [-0.1, -0.05) is 147 Å². The number of aliphatic imine (C=N–C) groups is 1. The minimum absolute atomic E-state index is 0.333. The average Bonchev–Trinajstić information content (AvgIpc) is 3.88. The first kappa shape index (κ1) is 34.7. The predicted octanol–water partition coefficient (Wildman–Crippen LogP) is 10.5. The second-order valence-electron chi connectivity index (χ2n) is 21.9. The van der Waals surface area contributed by atoms with Crippen LogP contribution in [0.15, 0.2) is 108 Å². The van der Waals surface area contributed by atoms with Crippen molar-refractivity contribution in [1.29, 1.82) is 0 Å². The molecule has 8 fully saturated rings. The average molecular weight is 790 g/mol. The number of hydrogen-bond acceptors (Lipinski definition) is 4. The van der Waals surface area contributed by atoms with E-state index in [-0.39, 0.29) is 0 Å². The van der Waals surface area contributed by atoms with E-state index in [0.717, 1.165) is 17.8 Å². The van der Waals surface area contributed by atoms with E-state index in [1.165, 1.54) is 101 Å². The van der Waals surface area contributed by atoms with Crippen LogP contribution < -0.4 is 5.46 Å². The van der Waals surface area contributed by atoms with E-state index in [0.29, 0.717) is 90.4 Å². The van der Waals surface area contributed by atoms with Gasteiger partial charge in [0.2, 0.25) is 0 Å². The van der Waals surface area contributed by atoms with Crippen molar-refractivity contribution in [3.05, 3.63) is 125 Å². The van der Waals surface area contributed by atoms with E-state index in [2.05, 4.69) is 113 Å². The van der Waals surface area contributed by atoms with Gasteiger partial charge in [-0.05, 0) is 120 Å². The summed E-state index contributed by atoms with van der Waals surface area (Å²) in [7, 11) is 0. The Kier molecular flexibility index (Phi) is 7.45. The number of hydrogen-bond donors (Lipinski definition) is 0. The van der Waals surface area contributed by atoms with Gasteiger partial charge in [-0.15, -0.1) is 0 Å². The molecule has 0 spiro atoms. The minimum atomic E-state index is 0.333. The molecule has 16 rings (SSSR count). The molecule has 5 saturated carbocycles. The third-order valence-corrected chi connectivity index (χ3v) is 20.1. The molecule has 0 radical (unpaired) electrons. The van der Waals surface area contributed by atoms with Gasteiger partial charge in [0, 0.05) is 29.8 Å². The van der Waals surface area contributed by atoms with Gasteiger partial charge in [-0.3, -0.25) is 0 Å². The fraction of sp³-hybridized carbons (Fsp3) is 0.545. The molecule has 15 unspecified atom stereocenters. The van der Waals surface area contributed by atoms with Gasteiger partial charge in [0.1, 0.15) is 0 Å². The smallest absolute Gasteiger partial charge is 0.198 e. The standard InChI is InChI=1S/C55H60BN3O/c1-2-13-31(14-3-1)33-16-8-10-22-42(33)56-43-27-25-32-15-12-23-46-49(32)52(43)59(53-44(56)28-26-39-34-17-9-11-24-48(34)60-54(39)53)55-57-45-29-40-41(30-47(45)58(46)55)51-37-20-6-4-18-35(37)50(40)36-19-5-7-21-38(36)51/h1-8,10,13-14,16,18-22,32,34,39-41,43-54H,9,11-12,15,17,23-30H2. The molecule has 4 aromatic rings. The van der Waals surface area contributed by atoms with Crippen LogP contribution in [0.2, 0.25) is 11.6 Å². The fourth-order valence-corrected chi connectivity index (χ4v) is 18.4. The molecule has 4 aromatic carbocycles. The zero-order valence-electron chi connectivity index (χ0n) is 35.1. The highest BCUT2D eigenvalue weighted by Crippen LogP contribution is 2.66. The van der Waals surface area contributed by atoms with Crippen LogP contribution >= 0.6 is 0 Å². The number of guanidine groups is 1. The first-order chi connectivity index (χ1) is 29.8. The Morgan fingerprint density at radius 2 is 1.22 bits per heavy atom. The van der Waals surface area contributed by atoms with Crippen LogP contribution in [0.25, 0.3) is 11.1 Å². The lowest BCUT2D eigenvalue weighted by Gasteiger charge is -2.68. The summed E-state index contributed by atoms with van der Waals surface area (Å²) < 4.78 is 7.64. The van der Waals surface area contributed by atoms with Gasteiger partial charge in [0.05, 0.1) is 30.3 Å². The van der Waals surface area contributed by atoms with Crippen molar-refractivity contribution in [3.8, 4) is 11.1 Å². The van der Waals surface area contributed by atoms with Crippen molar-refractivity contribution in [1.82, 2.24) is 9.80 Å². The van der Waals surface area contributed by atoms with E-state index < -0.39 is 0 Å². The molecule has 2 bridgehead atoms. The Hall–Kier alpha value is -3.83. The van der Waals surface area contributed by atoms with Crippen LogP contribution in [-0.2, 0) is 4.74 Å². The number of benzene rings is 4. The van der Waals surface area contributed by atoms with E-state index in [1.54, 1.807) is 27.7 Å². The summed E-state index contributed by atoms with van der Waals surface area (Å²) in [6.45, 7) is 0.565. The Balaban J connectivity index is 0.890. The second-order valence-corrected chi connectivity index (χ2v) is 21.9. The third kappa shape index (κ3) is 4.52. The molecule has 60 heavy (non-hydrogen) atoms. The second kappa shape index (κ2) is 12.9. The van der Waals surface area contributed by atoms with Gasteiger partial charge < -0.3 is 14.5 Å². The van der Waals surface area contributed by atoms with Crippen LogP contribution in [0, 0.1) is 35.5 Å². The van der Waals surface area contributed by atoms with Gasteiger partial charge in [-0.25, -0.2) is 4.99 Å². The number of rotatable bonds is 2. The summed E-state index contributed by atoms with van der Waals surface area (Å²) in [6.07, 6.45) is 18.4. The number of ether oxygens (including phenoxy) is 1. The maximum Gasteiger partial charge on any atom is 0.198 e. The molecular weight excluding hydrogens is 729 g/mol. The normalized spacial score (nSPS) is 43.2. The first-order valence-electron chi connectivity index (χ1n) is 24.9. The van der Waals surface area contributed by atoms with Crippen LogP contribution in [0.5, 0.6) is 0 Å². The Bertz CT molecular complexity index is 2350.